The van der Waals surface area contributed by atoms with Gasteiger partial charge in [0.2, 0.25) is 10.0 Å². The maximum Gasteiger partial charge on any atom is 0.243 e. The van der Waals surface area contributed by atoms with Gasteiger partial charge in [-0.2, -0.15) is 4.31 Å². The van der Waals surface area contributed by atoms with E-state index in [0.29, 0.717) is 28.7 Å². The molecule has 0 aliphatic carbocycles. The van der Waals surface area contributed by atoms with E-state index < -0.39 is 10.0 Å². The van der Waals surface area contributed by atoms with Crippen molar-refractivity contribution in [2.24, 2.45) is 4.99 Å². The maximum atomic E-state index is 12.6. The Bertz CT molecular complexity index is 809. The molecule has 0 saturated carbocycles. The predicted octanol–water partition coefficient (Wildman–Crippen LogP) is 4.27. The Morgan fingerprint density at radius 2 is 1.54 bits per heavy atom. The number of nitrogens with zero attached hydrogens (tertiary/aromatic N) is 2. The molecule has 6 heteroatoms. The Hall–Kier alpha value is -1.69. The zero-order valence-corrected chi connectivity index (χ0v) is 14.8. The van der Waals surface area contributed by atoms with E-state index >= 15 is 0 Å². The first-order valence-corrected chi connectivity index (χ1v) is 9.77. The summed E-state index contributed by atoms with van der Waals surface area (Å²) in [5.41, 5.74) is 1.65. The Morgan fingerprint density at radius 3 is 2.17 bits per heavy atom. The van der Waals surface area contributed by atoms with E-state index in [1.54, 1.807) is 46.9 Å². The largest absolute Gasteiger partial charge is 0.256 e. The normalized spacial score (nSPS) is 16.5. The van der Waals surface area contributed by atoms with Crippen molar-refractivity contribution in [1.29, 1.82) is 0 Å². The van der Waals surface area contributed by atoms with E-state index in [-0.39, 0.29) is 0 Å². The minimum Gasteiger partial charge on any atom is -0.256 e. The Balaban J connectivity index is 1.74. The standard InChI is InChI=1S/C18H19ClN2O2S/c19-16-6-4-15(5-7-16)14-20-17-8-10-18(11-9-17)24(22,23)21-12-2-1-3-13-21/h4-11,14H,1-3,12-13H2. The third-order valence-corrected chi connectivity index (χ3v) is 6.19. The lowest BCUT2D eigenvalue weighted by atomic mass is 10.2. The van der Waals surface area contributed by atoms with Gasteiger partial charge in [0, 0.05) is 24.3 Å². The average molecular weight is 363 g/mol. The number of rotatable bonds is 4. The molecule has 24 heavy (non-hydrogen) atoms. The van der Waals surface area contributed by atoms with Crippen molar-refractivity contribution < 1.29 is 8.42 Å². The van der Waals surface area contributed by atoms with Crippen LogP contribution in [0.15, 0.2) is 58.4 Å². The Labute approximate surface area is 147 Å². The van der Waals surface area contributed by atoms with Gasteiger partial charge in [-0.1, -0.05) is 30.2 Å². The van der Waals surface area contributed by atoms with Gasteiger partial charge in [-0.25, -0.2) is 8.42 Å². The molecule has 126 valence electrons. The Morgan fingerprint density at radius 1 is 0.917 bits per heavy atom. The molecule has 2 aromatic rings. The molecular formula is C18H19ClN2O2S. The van der Waals surface area contributed by atoms with Crippen LogP contribution in [0.1, 0.15) is 24.8 Å². The first-order valence-electron chi connectivity index (χ1n) is 7.95. The summed E-state index contributed by atoms with van der Waals surface area (Å²) < 4.78 is 26.7. The van der Waals surface area contributed by atoms with E-state index in [9.17, 15) is 8.42 Å². The number of halogens is 1. The van der Waals surface area contributed by atoms with E-state index in [4.69, 9.17) is 11.6 Å². The second-order valence-electron chi connectivity index (χ2n) is 5.77. The van der Waals surface area contributed by atoms with Crippen molar-refractivity contribution in [1.82, 2.24) is 4.31 Å². The number of hydrogen-bond acceptors (Lipinski definition) is 3. The van der Waals surface area contributed by atoms with Gasteiger partial charge in [-0.05, 0) is 54.8 Å². The molecule has 0 unspecified atom stereocenters. The summed E-state index contributed by atoms with van der Waals surface area (Å²) in [5, 5.41) is 0.680. The van der Waals surface area contributed by atoms with Gasteiger partial charge in [-0.15, -0.1) is 0 Å². The summed E-state index contributed by atoms with van der Waals surface area (Å²) >= 11 is 5.85. The highest BCUT2D eigenvalue weighted by atomic mass is 35.5. The number of piperidine rings is 1. The summed E-state index contributed by atoms with van der Waals surface area (Å²) in [6.07, 6.45) is 4.69. The zero-order valence-electron chi connectivity index (χ0n) is 13.2. The van der Waals surface area contributed by atoms with Crippen LogP contribution in [0.2, 0.25) is 5.02 Å². The van der Waals surface area contributed by atoms with E-state index in [1.807, 2.05) is 12.1 Å². The van der Waals surface area contributed by atoms with Crippen molar-refractivity contribution in [2.45, 2.75) is 24.2 Å². The highest BCUT2D eigenvalue weighted by molar-refractivity contribution is 7.89. The third kappa shape index (κ3) is 4.04. The zero-order chi connectivity index (χ0) is 17.0. The molecule has 1 heterocycles. The van der Waals surface area contributed by atoms with Crippen molar-refractivity contribution in [3.05, 3.63) is 59.1 Å². The van der Waals surface area contributed by atoms with Crippen LogP contribution in [0, 0.1) is 0 Å². The van der Waals surface area contributed by atoms with Gasteiger partial charge in [0.1, 0.15) is 0 Å². The molecule has 0 atom stereocenters. The molecule has 0 amide bonds. The van der Waals surface area contributed by atoms with Gasteiger partial charge in [0.05, 0.1) is 10.6 Å². The molecule has 3 rings (SSSR count). The summed E-state index contributed by atoms with van der Waals surface area (Å²) in [6, 6.07) is 14.1. The number of benzene rings is 2. The van der Waals surface area contributed by atoms with Crippen LogP contribution in [0.4, 0.5) is 5.69 Å². The van der Waals surface area contributed by atoms with Crippen molar-refractivity contribution in [3.63, 3.8) is 0 Å². The van der Waals surface area contributed by atoms with Gasteiger partial charge in [0.25, 0.3) is 0 Å². The number of hydrogen-bond donors (Lipinski definition) is 0. The predicted molar refractivity (Wildman–Crippen MR) is 97.8 cm³/mol. The Kier molecular flexibility index (Phi) is 5.33. The van der Waals surface area contributed by atoms with Crippen molar-refractivity contribution in [2.75, 3.05) is 13.1 Å². The van der Waals surface area contributed by atoms with Gasteiger partial charge in [-0.3, -0.25) is 4.99 Å². The fourth-order valence-electron chi connectivity index (χ4n) is 2.66. The third-order valence-electron chi connectivity index (χ3n) is 4.02. The van der Waals surface area contributed by atoms with E-state index in [1.165, 1.54) is 0 Å². The van der Waals surface area contributed by atoms with Crippen LogP contribution in [0.25, 0.3) is 0 Å². The second kappa shape index (κ2) is 7.47. The monoisotopic (exact) mass is 362 g/mol. The lowest BCUT2D eigenvalue weighted by Crippen LogP contribution is -2.35. The van der Waals surface area contributed by atoms with Crippen LogP contribution in [-0.2, 0) is 10.0 Å². The molecule has 0 aromatic heterocycles. The SMILES string of the molecule is O=S(=O)(c1ccc(N=Cc2ccc(Cl)cc2)cc1)N1CCCCC1. The number of sulfonamides is 1. The fourth-order valence-corrected chi connectivity index (χ4v) is 4.30. The fraction of sp³-hybridized carbons (Fsp3) is 0.278. The van der Waals surface area contributed by atoms with E-state index in [2.05, 4.69) is 4.99 Å². The summed E-state index contributed by atoms with van der Waals surface area (Å²) in [6.45, 7) is 1.22. The van der Waals surface area contributed by atoms with Gasteiger partial charge in [0.15, 0.2) is 0 Å². The highest BCUT2D eigenvalue weighted by Crippen LogP contribution is 2.23. The maximum absolute atomic E-state index is 12.6. The van der Waals surface area contributed by atoms with Crippen LogP contribution in [0.5, 0.6) is 0 Å². The molecule has 1 aliphatic rings. The molecule has 0 N–H and O–H groups in total. The molecule has 1 saturated heterocycles. The first kappa shape index (κ1) is 17.1. The summed E-state index contributed by atoms with van der Waals surface area (Å²) in [7, 11) is -3.38. The van der Waals surface area contributed by atoms with Crippen LogP contribution in [0.3, 0.4) is 0 Å². The molecule has 0 radical (unpaired) electrons. The lowest BCUT2D eigenvalue weighted by molar-refractivity contribution is 0.346. The van der Waals surface area contributed by atoms with E-state index in [0.717, 1.165) is 24.8 Å². The molecule has 0 spiro atoms. The minimum absolute atomic E-state index is 0.329. The summed E-state index contributed by atoms with van der Waals surface area (Å²) in [5.74, 6) is 0. The first-order chi connectivity index (χ1) is 11.6. The topological polar surface area (TPSA) is 49.7 Å². The van der Waals surface area contributed by atoms with Crippen molar-refractivity contribution >= 4 is 33.5 Å². The smallest absolute Gasteiger partial charge is 0.243 e. The van der Waals surface area contributed by atoms with Gasteiger partial charge < -0.3 is 0 Å². The molecule has 2 aromatic carbocycles. The molecule has 4 nitrogen and oxygen atoms in total. The highest BCUT2D eigenvalue weighted by Gasteiger charge is 2.25. The van der Waals surface area contributed by atoms with Crippen LogP contribution < -0.4 is 0 Å². The molecule has 1 fully saturated rings. The summed E-state index contributed by atoms with van der Waals surface area (Å²) in [4.78, 5) is 4.69. The average Bonchev–Trinajstić information content (AvgIpc) is 2.62. The van der Waals surface area contributed by atoms with Crippen molar-refractivity contribution in [3.8, 4) is 0 Å². The molecular weight excluding hydrogens is 344 g/mol. The lowest BCUT2D eigenvalue weighted by Gasteiger charge is -2.25. The van der Waals surface area contributed by atoms with Crippen LogP contribution in [-0.4, -0.2) is 32.0 Å². The van der Waals surface area contributed by atoms with Gasteiger partial charge >= 0.3 is 0 Å². The molecule has 0 bridgehead atoms. The quantitative estimate of drug-likeness (QED) is 0.763. The van der Waals surface area contributed by atoms with Crippen LogP contribution >= 0.6 is 11.6 Å². The molecule has 1 aliphatic heterocycles. The second-order valence-corrected chi connectivity index (χ2v) is 8.14. The number of aliphatic imine (C=N–C) groups is 1. The minimum atomic E-state index is -3.38.